The first kappa shape index (κ1) is 24.8. The Labute approximate surface area is 189 Å². The highest BCUT2D eigenvalue weighted by molar-refractivity contribution is 5.99. The third-order valence-electron chi connectivity index (χ3n) is 5.67. The van der Waals surface area contributed by atoms with Crippen molar-refractivity contribution in [2.45, 2.75) is 63.5 Å². The zero-order chi connectivity index (χ0) is 24.2. The number of halogens is 3. The van der Waals surface area contributed by atoms with Crippen molar-refractivity contribution in [3.63, 3.8) is 0 Å². The number of amides is 3. The molecule has 3 rings (SSSR count). The van der Waals surface area contributed by atoms with Gasteiger partial charge in [-0.25, -0.2) is 0 Å². The molecule has 2 N–H and O–H groups in total. The Hall–Kier alpha value is -2.82. The van der Waals surface area contributed by atoms with E-state index in [-0.39, 0.29) is 30.9 Å². The Morgan fingerprint density at radius 1 is 1.21 bits per heavy atom. The minimum absolute atomic E-state index is 0.109. The first-order chi connectivity index (χ1) is 15.6. The quantitative estimate of drug-likeness (QED) is 0.665. The number of benzene rings is 1. The Bertz CT molecular complexity index is 893. The Morgan fingerprint density at radius 2 is 1.97 bits per heavy atom. The fraction of sp³-hybridized carbons (Fsp3) is 0.591. The predicted octanol–water partition coefficient (Wildman–Crippen LogP) is 2.87. The third kappa shape index (κ3) is 6.59. The molecule has 33 heavy (non-hydrogen) atoms. The fourth-order valence-electron chi connectivity index (χ4n) is 4.03. The van der Waals surface area contributed by atoms with Gasteiger partial charge in [-0.2, -0.15) is 13.2 Å². The second-order valence-corrected chi connectivity index (χ2v) is 8.27. The number of anilines is 1. The van der Waals surface area contributed by atoms with E-state index in [1.165, 1.54) is 0 Å². The maximum atomic E-state index is 13.2. The van der Waals surface area contributed by atoms with Crippen LogP contribution in [0.1, 0.15) is 49.4 Å². The van der Waals surface area contributed by atoms with Crippen LogP contribution in [0.3, 0.4) is 0 Å². The number of hydrogen-bond acceptors (Lipinski definition) is 5. The molecule has 3 atom stereocenters. The molecular weight excluding hydrogens is 443 g/mol. The first-order valence-corrected chi connectivity index (χ1v) is 10.9. The van der Waals surface area contributed by atoms with Gasteiger partial charge in [0, 0.05) is 19.2 Å². The van der Waals surface area contributed by atoms with Crippen LogP contribution in [-0.4, -0.2) is 67.2 Å². The molecule has 1 aromatic rings. The predicted molar refractivity (Wildman–Crippen MR) is 113 cm³/mol. The van der Waals surface area contributed by atoms with E-state index in [1.54, 1.807) is 30.1 Å². The van der Waals surface area contributed by atoms with Gasteiger partial charge in [-0.15, -0.1) is 0 Å². The number of likely N-dealkylation sites (N-methyl/N-ethyl adjacent to an activating group) is 1. The van der Waals surface area contributed by atoms with E-state index in [1.807, 2.05) is 12.2 Å². The lowest BCUT2D eigenvalue weighted by Crippen LogP contribution is -2.54. The largest absolute Gasteiger partial charge is 0.490 e. The number of ether oxygens (including phenoxy) is 2. The molecule has 0 unspecified atom stereocenters. The van der Waals surface area contributed by atoms with Crippen LogP contribution < -0.4 is 15.4 Å². The minimum atomic E-state index is -4.48. The molecule has 0 saturated carbocycles. The molecule has 0 bridgehead atoms. The Kier molecular flexibility index (Phi) is 7.83. The summed E-state index contributed by atoms with van der Waals surface area (Å²) in [6, 6.07) is 4.51. The molecule has 2 heterocycles. The van der Waals surface area contributed by atoms with Crippen molar-refractivity contribution in [1.82, 2.24) is 10.2 Å². The zero-order valence-corrected chi connectivity index (χ0v) is 18.5. The zero-order valence-electron chi connectivity index (χ0n) is 18.5. The molecule has 8 nitrogen and oxygen atoms in total. The van der Waals surface area contributed by atoms with Gasteiger partial charge < -0.3 is 25.0 Å². The summed E-state index contributed by atoms with van der Waals surface area (Å²) in [6.07, 6.45) is -3.78. The average Bonchev–Trinajstić information content (AvgIpc) is 2.75. The van der Waals surface area contributed by atoms with Gasteiger partial charge in [0.1, 0.15) is 25.0 Å². The molecule has 0 aliphatic carbocycles. The van der Waals surface area contributed by atoms with Crippen LogP contribution in [-0.2, 0) is 14.3 Å². The van der Waals surface area contributed by atoms with Crippen molar-refractivity contribution in [1.29, 1.82) is 0 Å². The highest BCUT2D eigenvalue weighted by atomic mass is 19.4. The fourth-order valence-corrected chi connectivity index (χ4v) is 4.03. The van der Waals surface area contributed by atoms with Gasteiger partial charge >= 0.3 is 6.18 Å². The van der Waals surface area contributed by atoms with Crippen molar-refractivity contribution in [3.8, 4) is 5.75 Å². The highest BCUT2D eigenvalue weighted by Crippen LogP contribution is 2.32. The lowest BCUT2D eigenvalue weighted by atomic mass is 9.94. The average molecular weight is 471 g/mol. The third-order valence-corrected chi connectivity index (χ3v) is 5.67. The van der Waals surface area contributed by atoms with E-state index in [4.69, 9.17) is 9.47 Å². The molecule has 0 radical (unpaired) electrons. The highest BCUT2D eigenvalue weighted by Gasteiger charge is 2.39. The van der Waals surface area contributed by atoms with Crippen LogP contribution >= 0.6 is 0 Å². The number of carbonyl (C=O) groups excluding carboxylic acids is 3. The van der Waals surface area contributed by atoms with Gasteiger partial charge in [0.25, 0.3) is 5.91 Å². The molecule has 2 aliphatic heterocycles. The van der Waals surface area contributed by atoms with E-state index in [0.29, 0.717) is 42.7 Å². The number of rotatable bonds is 6. The SMILES string of the molecule is CCCC(=O)Nc1ccc2c(c1)C(=O)N(C)[C@H]1CC[C@H](CC(=O)NCC(F)(F)F)O[C@@H]1CO2. The summed E-state index contributed by atoms with van der Waals surface area (Å²) in [6.45, 7) is 0.620. The van der Waals surface area contributed by atoms with Crippen molar-refractivity contribution in [2.24, 2.45) is 0 Å². The molecule has 11 heteroatoms. The van der Waals surface area contributed by atoms with E-state index in [2.05, 4.69) is 5.32 Å². The van der Waals surface area contributed by atoms with Gasteiger partial charge in [-0.3, -0.25) is 14.4 Å². The van der Waals surface area contributed by atoms with Crippen molar-refractivity contribution < 1.29 is 37.0 Å². The summed E-state index contributed by atoms with van der Waals surface area (Å²) >= 11 is 0. The maximum Gasteiger partial charge on any atom is 0.405 e. The number of fused-ring (bicyclic) bond motifs is 2. The first-order valence-electron chi connectivity index (χ1n) is 10.9. The summed E-state index contributed by atoms with van der Waals surface area (Å²) in [5.41, 5.74) is 0.818. The smallest absolute Gasteiger partial charge is 0.405 e. The Morgan fingerprint density at radius 3 is 2.67 bits per heavy atom. The number of nitrogens with one attached hydrogen (secondary N) is 2. The normalized spacial score (nSPS) is 22.9. The molecule has 182 valence electrons. The van der Waals surface area contributed by atoms with Crippen molar-refractivity contribution in [2.75, 3.05) is 25.5 Å². The topological polar surface area (TPSA) is 97.0 Å². The monoisotopic (exact) mass is 471 g/mol. The van der Waals surface area contributed by atoms with E-state index >= 15 is 0 Å². The number of hydrogen-bond donors (Lipinski definition) is 2. The summed E-state index contributed by atoms with van der Waals surface area (Å²) in [5.74, 6) is -0.838. The van der Waals surface area contributed by atoms with E-state index in [0.717, 1.165) is 0 Å². The summed E-state index contributed by atoms with van der Waals surface area (Å²) in [5, 5.41) is 4.62. The summed E-state index contributed by atoms with van der Waals surface area (Å²) in [4.78, 5) is 38.5. The van der Waals surface area contributed by atoms with E-state index < -0.39 is 30.8 Å². The molecule has 3 amide bonds. The Balaban J connectivity index is 1.67. The van der Waals surface area contributed by atoms with Crippen LogP contribution in [0.4, 0.5) is 18.9 Å². The molecular formula is C22H28F3N3O5. The van der Waals surface area contributed by atoms with Gasteiger partial charge in [-0.1, -0.05) is 6.92 Å². The van der Waals surface area contributed by atoms with Crippen molar-refractivity contribution in [3.05, 3.63) is 23.8 Å². The number of nitrogens with zero attached hydrogens (tertiary/aromatic N) is 1. The molecule has 1 aromatic carbocycles. The summed E-state index contributed by atoms with van der Waals surface area (Å²) in [7, 11) is 1.65. The van der Waals surface area contributed by atoms with Gasteiger partial charge in [0.2, 0.25) is 11.8 Å². The van der Waals surface area contributed by atoms with Gasteiger partial charge in [0.15, 0.2) is 0 Å². The maximum absolute atomic E-state index is 13.2. The second-order valence-electron chi connectivity index (χ2n) is 8.27. The van der Waals surface area contributed by atoms with E-state index in [9.17, 15) is 27.6 Å². The molecule has 1 saturated heterocycles. The van der Waals surface area contributed by atoms with Crippen molar-refractivity contribution >= 4 is 23.4 Å². The number of carbonyl (C=O) groups is 3. The molecule has 0 spiro atoms. The van der Waals surface area contributed by atoms with Crippen LogP contribution in [0.15, 0.2) is 18.2 Å². The van der Waals surface area contributed by atoms with Crippen LogP contribution in [0.2, 0.25) is 0 Å². The van der Waals surface area contributed by atoms with Gasteiger partial charge in [0.05, 0.1) is 24.1 Å². The molecule has 0 aromatic heterocycles. The minimum Gasteiger partial charge on any atom is -0.490 e. The molecule has 1 fully saturated rings. The van der Waals surface area contributed by atoms with Crippen LogP contribution in [0, 0.1) is 0 Å². The standard InChI is InChI=1S/C22H28F3N3O5/c1-3-4-19(29)27-13-5-8-17-15(9-13)21(31)28(2)16-7-6-14(33-18(16)11-32-17)10-20(30)26-12-22(23,24)25/h5,8-9,14,16,18H,3-4,6-7,10-12H2,1-2H3,(H,26,30)(H,27,29)/t14-,16+,18-/m1/s1. The second kappa shape index (κ2) is 10.4. The molecule has 2 aliphatic rings. The van der Waals surface area contributed by atoms with Crippen LogP contribution in [0.25, 0.3) is 0 Å². The lowest BCUT2D eigenvalue weighted by Gasteiger charge is -2.42. The van der Waals surface area contributed by atoms with Crippen LogP contribution in [0.5, 0.6) is 5.75 Å². The summed E-state index contributed by atoms with van der Waals surface area (Å²) < 4.78 is 48.7. The van der Waals surface area contributed by atoms with Gasteiger partial charge in [-0.05, 0) is 37.5 Å². The number of alkyl halides is 3. The lowest BCUT2D eigenvalue weighted by molar-refractivity contribution is -0.144.